The Balaban J connectivity index is 1.78. The first-order valence-electron chi connectivity index (χ1n) is 6.63. The Bertz CT molecular complexity index is 527. The molecular weight excluding hydrogens is 242 g/mol. The number of amides is 2. The van der Waals surface area contributed by atoms with Gasteiger partial charge in [0.25, 0.3) is 5.91 Å². The second-order valence-electron chi connectivity index (χ2n) is 5.05. The van der Waals surface area contributed by atoms with E-state index < -0.39 is 0 Å². The predicted molar refractivity (Wildman–Crippen MR) is 70.7 cm³/mol. The summed E-state index contributed by atoms with van der Waals surface area (Å²) in [6, 6.07) is 5.75. The zero-order valence-corrected chi connectivity index (χ0v) is 10.7. The summed E-state index contributed by atoms with van der Waals surface area (Å²) >= 11 is 0. The van der Waals surface area contributed by atoms with Crippen LogP contribution in [0.1, 0.15) is 27.9 Å². The second kappa shape index (κ2) is 5.01. The number of hydrogen-bond donors (Lipinski definition) is 3. The van der Waals surface area contributed by atoms with Gasteiger partial charge in [0.05, 0.1) is 6.04 Å². The maximum absolute atomic E-state index is 12.3. The number of fused-ring (bicyclic) bond motifs is 1. The van der Waals surface area contributed by atoms with E-state index in [0.29, 0.717) is 13.0 Å². The average Bonchev–Trinajstić information content (AvgIpc) is 2.83. The van der Waals surface area contributed by atoms with E-state index in [0.717, 1.165) is 30.6 Å². The first-order chi connectivity index (χ1) is 9.24. The Morgan fingerprint density at radius 2 is 2.26 bits per heavy atom. The van der Waals surface area contributed by atoms with Crippen LogP contribution in [0.2, 0.25) is 0 Å². The number of carbonyl (C=O) groups is 2. The van der Waals surface area contributed by atoms with E-state index in [-0.39, 0.29) is 17.9 Å². The van der Waals surface area contributed by atoms with Crippen LogP contribution in [-0.4, -0.2) is 30.9 Å². The third kappa shape index (κ3) is 2.46. The molecule has 1 atom stereocenters. The van der Waals surface area contributed by atoms with Gasteiger partial charge in [0.2, 0.25) is 5.91 Å². The second-order valence-corrected chi connectivity index (χ2v) is 5.05. The molecule has 3 N–H and O–H groups in total. The molecule has 0 bridgehead atoms. The zero-order chi connectivity index (χ0) is 13.2. The fourth-order valence-electron chi connectivity index (χ4n) is 2.72. The van der Waals surface area contributed by atoms with Crippen LogP contribution in [0.5, 0.6) is 0 Å². The van der Waals surface area contributed by atoms with Crippen LogP contribution in [0.25, 0.3) is 0 Å². The Morgan fingerprint density at radius 3 is 3.05 bits per heavy atom. The minimum absolute atomic E-state index is 0.00425. The molecule has 5 heteroatoms. The van der Waals surface area contributed by atoms with Gasteiger partial charge in [0.15, 0.2) is 0 Å². The normalized spacial score (nSPS) is 21.7. The Labute approximate surface area is 111 Å². The van der Waals surface area contributed by atoms with Crippen LogP contribution in [-0.2, 0) is 17.8 Å². The lowest BCUT2D eigenvalue weighted by Crippen LogP contribution is -2.37. The van der Waals surface area contributed by atoms with Crippen molar-refractivity contribution in [2.24, 2.45) is 0 Å². The molecule has 19 heavy (non-hydrogen) atoms. The van der Waals surface area contributed by atoms with Crippen LogP contribution in [0.15, 0.2) is 18.2 Å². The third-order valence-corrected chi connectivity index (χ3v) is 3.70. The summed E-state index contributed by atoms with van der Waals surface area (Å²) in [6.45, 7) is 2.25. The van der Waals surface area contributed by atoms with Gasteiger partial charge in [-0.3, -0.25) is 9.59 Å². The summed E-state index contributed by atoms with van der Waals surface area (Å²) in [4.78, 5) is 23.4. The minimum Gasteiger partial charge on any atom is -0.354 e. The molecule has 0 aromatic heterocycles. The molecule has 2 aliphatic rings. The van der Waals surface area contributed by atoms with E-state index >= 15 is 0 Å². The molecular formula is C14H17N3O2. The van der Waals surface area contributed by atoms with Crippen molar-refractivity contribution in [3.05, 3.63) is 34.9 Å². The van der Waals surface area contributed by atoms with Crippen LogP contribution in [0, 0.1) is 0 Å². The van der Waals surface area contributed by atoms with Crippen molar-refractivity contribution in [2.45, 2.75) is 25.4 Å². The smallest absolute Gasteiger partial charge is 0.251 e. The number of hydrogen-bond acceptors (Lipinski definition) is 3. The number of nitrogens with one attached hydrogen (secondary N) is 3. The number of rotatable bonds is 2. The van der Waals surface area contributed by atoms with Crippen LogP contribution < -0.4 is 16.0 Å². The van der Waals surface area contributed by atoms with Crippen molar-refractivity contribution in [1.29, 1.82) is 0 Å². The van der Waals surface area contributed by atoms with Crippen molar-refractivity contribution in [1.82, 2.24) is 16.0 Å². The van der Waals surface area contributed by atoms with Crippen LogP contribution in [0.3, 0.4) is 0 Å². The minimum atomic E-state index is -0.0856. The molecule has 0 saturated carbocycles. The van der Waals surface area contributed by atoms with Gasteiger partial charge < -0.3 is 16.0 Å². The van der Waals surface area contributed by atoms with Crippen LogP contribution >= 0.6 is 0 Å². The Morgan fingerprint density at radius 1 is 1.37 bits per heavy atom. The van der Waals surface area contributed by atoms with E-state index in [1.807, 2.05) is 12.1 Å². The van der Waals surface area contributed by atoms with Gasteiger partial charge in [-0.1, -0.05) is 12.1 Å². The topological polar surface area (TPSA) is 70.2 Å². The van der Waals surface area contributed by atoms with Crippen molar-refractivity contribution >= 4 is 11.8 Å². The number of carbonyl (C=O) groups excluding carboxylic acids is 2. The van der Waals surface area contributed by atoms with Crippen LogP contribution in [0.4, 0.5) is 0 Å². The molecule has 3 rings (SSSR count). The molecule has 1 fully saturated rings. The SMILES string of the molecule is O=C1CC(NC(=O)c2cccc3c2CCNC3)CN1. The molecule has 0 radical (unpaired) electrons. The molecule has 2 amide bonds. The Hall–Kier alpha value is -1.88. The summed E-state index contributed by atoms with van der Waals surface area (Å²) in [5, 5.41) is 8.96. The largest absolute Gasteiger partial charge is 0.354 e. The van der Waals surface area contributed by atoms with Gasteiger partial charge in [0.1, 0.15) is 0 Å². The highest BCUT2D eigenvalue weighted by atomic mass is 16.2. The summed E-state index contributed by atoms with van der Waals surface area (Å²) in [6.07, 6.45) is 1.25. The van der Waals surface area contributed by atoms with E-state index in [2.05, 4.69) is 22.0 Å². The molecule has 2 aliphatic heterocycles. The molecule has 2 heterocycles. The molecule has 1 aromatic carbocycles. The first kappa shape index (κ1) is 12.2. The monoisotopic (exact) mass is 259 g/mol. The summed E-state index contributed by atoms with van der Waals surface area (Å²) in [7, 11) is 0. The fourth-order valence-corrected chi connectivity index (χ4v) is 2.72. The van der Waals surface area contributed by atoms with Crippen molar-refractivity contribution in [3.8, 4) is 0 Å². The maximum atomic E-state index is 12.3. The summed E-state index contributed by atoms with van der Waals surface area (Å²) in [5.74, 6) is -0.0650. The summed E-state index contributed by atoms with van der Waals surface area (Å²) in [5.41, 5.74) is 3.08. The zero-order valence-electron chi connectivity index (χ0n) is 10.7. The van der Waals surface area contributed by atoms with E-state index in [1.54, 1.807) is 0 Å². The lowest BCUT2D eigenvalue weighted by atomic mass is 9.95. The molecule has 0 spiro atoms. The average molecular weight is 259 g/mol. The predicted octanol–water partition coefficient (Wildman–Crippen LogP) is -0.0494. The summed E-state index contributed by atoms with van der Waals surface area (Å²) < 4.78 is 0. The highest BCUT2D eigenvalue weighted by molar-refractivity contribution is 5.96. The van der Waals surface area contributed by atoms with Crippen molar-refractivity contribution in [2.75, 3.05) is 13.1 Å². The standard InChI is InChI=1S/C14H17N3O2/c18-13-6-10(8-16-13)17-14(19)12-3-1-2-9-7-15-5-4-11(9)12/h1-3,10,15H,4-8H2,(H,16,18)(H,17,19). The van der Waals surface area contributed by atoms with Crippen molar-refractivity contribution in [3.63, 3.8) is 0 Å². The van der Waals surface area contributed by atoms with E-state index in [4.69, 9.17) is 0 Å². The van der Waals surface area contributed by atoms with Gasteiger partial charge in [-0.25, -0.2) is 0 Å². The third-order valence-electron chi connectivity index (χ3n) is 3.70. The number of benzene rings is 1. The highest BCUT2D eigenvalue weighted by Gasteiger charge is 2.25. The first-order valence-corrected chi connectivity index (χ1v) is 6.63. The van der Waals surface area contributed by atoms with E-state index in [9.17, 15) is 9.59 Å². The van der Waals surface area contributed by atoms with Gasteiger partial charge in [0, 0.05) is 25.1 Å². The van der Waals surface area contributed by atoms with Gasteiger partial charge in [-0.15, -0.1) is 0 Å². The van der Waals surface area contributed by atoms with Gasteiger partial charge >= 0.3 is 0 Å². The quantitative estimate of drug-likeness (QED) is 0.697. The molecule has 1 aromatic rings. The highest BCUT2D eigenvalue weighted by Crippen LogP contribution is 2.19. The maximum Gasteiger partial charge on any atom is 0.251 e. The molecule has 1 unspecified atom stereocenters. The van der Waals surface area contributed by atoms with Gasteiger partial charge in [-0.2, -0.15) is 0 Å². The lowest BCUT2D eigenvalue weighted by Gasteiger charge is -2.20. The van der Waals surface area contributed by atoms with Gasteiger partial charge in [-0.05, 0) is 30.2 Å². The lowest BCUT2D eigenvalue weighted by molar-refractivity contribution is -0.119. The van der Waals surface area contributed by atoms with E-state index in [1.165, 1.54) is 5.56 Å². The molecule has 5 nitrogen and oxygen atoms in total. The fraction of sp³-hybridized carbons (Fsp3) is 0.429. The molecule has 100 valence electrons. The Kier molecular flexibility index (Phi) is 3.21. The molecule has 0 aliphatic carbocycles. The molecule has 1 saturated heterocycles. The van der Waals surface area contributed by atoms with Crippen molar-refractivity contribution < 1.29 is 9.59 Å².